The van der Waals surface area contributed by atoms with Gasteiger partial charge in [-0.05, 0) is 40.5 Å². The van der Waals surface area contributed by atoms with Crippen LogP contribution in [0.15, 0.2) is 4.99 Å². The van der Waals surface area contributed by atoms with E-state index < -0.39 is 0 Å². The second kappa shape index (κ2) is 12.5. The molecule has 1 rings (SSSR count). The van der Waals surface area contributed by atoms with Crippen LogP contribution in [-0.2, 0) is 26.4 Å². The van der Waals surface area contributed by atoms with Crippen LogP contribution in [0.3, 0.4) is 0 Å². The maximum Gasteiger partial charge on any atom is 0.191 e. The van der Waals surface area contributed by atoms with Crippen molar-refractivity contribution < 1.29 is 0 Å². The molecule has 152 valence electrons. The first-order valence-corrected chi connectivity index (χ1v) is 9.59. The Morgan fingerprint density at radius 2 is 1.73 bits per heavy atom. The van der Waals surface area contributed by atoms with Gasteiger partial charge in [-0.3, -0.25) is 14.6 Å². The molecule has 0 aliphatic carbocycles. The predicted octanol–water partition coefficient (Wildman–Crippen LogP) is 2.95. The fourth-order valence-electron chi connectivity index (χ4n) is 3.40. The summed E-state index contributed by atoms with van der Waals surface area (Å²) in [6.45, 7) is 16.0. The molecule has 0 amide bonds. The first-order chi connectivity index (χ1) is 11.8. The number of halogens is 1. The number of aryl methyl sites for hydroxylation is 2. The number of hydrogen-bond donors (Lipinski definition) is 2. The molecule has 6 nitrogen and oxygen atoms in total. The number of rotatable bonds is 9. The van der Waals surface area contributed by atoms with Gasteiger partial charge >= 0.3 is 0 Å². The van der Waals surface area contributed by atoms with Gasteiger partial charge in [0.2, 0.25) is 0 Å². The van der Waals surface area contributed by atoms with E-state index >= 15 is 0 Å². The smallest absolute Gasteiger partial charge is 0.191 e. The number of hydrogen-bond acceptors (Lipinski definition) is 3. The molecule has 1 heterocycles. The van der Waals surface area contributed by atoms with E-state index in [0.717, 1.165) is 38.4 Å². The van der Waals surface area contributed by atoms with E-state index in [1.54, 1.807) is 0 Å². The average Bonchev–Trinajstić information content (AvgIpc) is 2.88. The van der Waals surface area contributed by atoms with Crippen molar-refractivity contribution in [2.75, 3.05) is 20.1 Å². The molecule has 0 aliphatic heterocycles. The zero-order chi connectivity index (χ0) is 19.0. The van der Waals surface area contributed by atoms with E-state index in [0.29, 0.717) is 12.1 Å². The van der Waals surface area contributed by atoms with E-state index in [1.807, 2.05) is 18.8 Å². The molecule has 0 atom stereocenters. The molecular weight excluding hydrogens is 439 g/mol. The van der Waals surface area contributed by atoms with Gasteiger partial charge in [-0.2, -0.15) is 5.10 Å². The lowest BCUT2D eigenvalue weighted by Gasteiger charge is -2.30. The Kier molecular flexibility index (Phi) is 12.1. The Labute approximate surface area is 177 Å². The first-order valence-electron chi connectivity index (χ1n) is 9.59. The molecule has 0 aliphatic rings. The van der Waals surface area contributed by atoms with E-state index in [4.69, 9.17) is 0 Å². The molecule has 2 N–H and O–H groups in total. The Hall–Kier alpha value is -0.830. The van der Waals surface area contributed by atoms with Crippen LogP contribution in [0.5, 0.6) is 0 Å². The lowest BCUT2D eigenvalue weighted by atomic mass is 10.1. The Morgan fingerprint density at radius 3 is 2.19 bits per heavy atom. The standard InChI is InChI=1S/C19H38N6.HI/c1-9-17-16(18(10-2)24(8)23-17)13-22-19(20-7)21-11-12-25(14(3)4)15(5)6;/h14-15H,9-13H2,1-8H3,(H2,20,21,22);1H. The number of aromatic nitrogens is 2. The topological polar surface area (TPSA) is 57.5 Å². The third kappa shape index (κ3) is 7.06. The van der Waals surface area contributed by atoms with Crippen LogP contribution in [0.25, 0.3) is 0 Å². The molecule has 26 heavy (non-hydrogen) atoms. The SMILES string of the molecule is CCc1nn(C)c(CC)c1CNC(=NC)NCCN(C(C)C)C(C)C.I. The number of guanidine groups is 1. The van der Waals surface area contributed by atoms with E-state index in [9.17, 15) is 0 Å². The predicted molar refractivity (Wildman–Crippen MR) is 123 cm³/mol. The zero-order valence-electron chi connectivity index (χ0n) is 17.9. The Morgan fingerprint density at radius 1 is 1.12 bits per heavy atom. The summed E-state index contributed by atoms with van der Waals surface area (Å²) in [5.74, 6) is 0.848. The van der Waals surface area contributed by atoms with Crippen molar-refractivity contribution in [1.29, 1.82) is 0 Å². The van der Waals surface area contributed by atoms with Gasteiger partial charge in [0.05, 0.1) is 5.69 Å². The van der Waals surface area contributed by atoms with Crippen molar-refractivity contribution in [1.82, 2.24) is 25.3 Å². The quantitative estimate of drug-likeness (QED) is 0.326. The van der Waals surface area contributed by atoms with Crippen LogP contribution in [0, 0.1) is 0 Å². The van der Waals surface area contributed by atoms with Crippen LogP contribution in [0.4, 0.5) is 0 Å². The maximum absolute atomic E-state index is 4.64. The fraction of sp³-hybridized carbons (Fsp3) is 0.789. The summed E-state index contributed by atoms with van der Waals surface area (Å²) in [6, 6.07) is 1.10. The summed E-state index contributed by atoms with van der Waals surface area (Å²) in [7, 11) is 3.85. The van der Waals surface area contributed by atoms with Crippen LogP contribution in [0.2, 0.25) is 0 Å². The normalized spacial score (nSPS) is 12.0. The Bertz CT molecular complexity index is 542. The highest BCUT2D eigenvalue weighted by Crippen LogP contribution is 2.15. The van der Waals surface area contributed by atoms with Crippen LogP contribution in [-0.4, -0.2) is 52.9 Å². The lowest BCUT2D eigenvalue weighted by Crippen LogP contribution is -2.45. The monoisotopic (exact) mass is 478 g/mol. The van der Waals surface area contributed by atoms with Crippen molar-refractivity contribution in [2.45, 2.75) is 73.0 Å². The highest BCUT2D eigenvalue weighted by atomic mass is 127. The van der Waals surface area contributed by atoms with E-state index in [2.05, 4.69) is 67.2 Å². The van der Waals surface area contributed by atoms with Gasteiger partial charge in [-0.1, -0.05) is 13.8 Å². The lowest BCUT2D eigenvalue weighted by molar-refractivity contribution is 0.178. The summed E-state index contributed by atoms with van der Waals surface area (Å²) < 4.78 is 2.01. The van der Waals surface area contributed by atoms with Crippen LogP contribution >= 0.6 is 24.0 Å². The number of nitrogens with zero attached hydrogens (tertiary/aromatic N) is 4. The van der Waals surface area contributed by atoms with Crippen LogP contribution < -0.4 is 10.6 Å². The van der Waals surface area contributed by atoms with Gasteiger partial charge in [0.25, 0.3) is 0 Å². The largest absolute Gasteiger partial charge is 0.355 e. The molecule has 0 unspecified atom stereocenters. The minimum Gasteiger partial charge on any atom is -0.355 e. The van der Waals surface area contributed by atoms with Gasteiger partial charge in [0, 0.05) is 57.1 Å². The second-order valence-corrected chi connectivity index (χ2v) is 6.98. The molecule has 0 saturated heterocycles. The summed E-state index contributed by atoms with van der Waals surface area (Å²) in [5, 5.41) is 11.5. The van der Waals surface area contributed by atoms with Crippen LogP contribution in [0.1, 0.15) is 58.5 Å². The highest BCUT2D eigenvalue weighted by Gasteiger charge is 2.15. The summed E-state index contributed by atoms with van der Waals surface area (Å²) >= 11 is 0. The molecule has 0 saturated carbocycles. The summed E-state index contributed by atoms with van der Waals surface area (Å²) in [4.78, 5) is 6.83. The minimum absolute atomic E-state index is 0. The molecule has 7 heteroatoms. The third-order valence-corrected chi connectivity index (χ3v) is 4.67. The van der Waals surface area contributed by atoms with E-state index in [-0.39, 0.29) is 24.0 Å². The van der Waals surface area contributed by atoms with Gasteiger partial charge in [0.15, 0.2) is 5.96 Å². The zero-order valence-corrected chi connectivity index (χ0v) is 20.2. The second-order valence-electron chi connectivity index (χ2n) is 6.98. The molecule has 0 aromatic carbocycles. The highest BCUT2D eigenvalue weighted by molar-refractivity contribution is 14.0. The summed E-state index contributed by atoms with van der Waals surface area (Å²) in [5.41, 5.74) is 3.78. The van der Waals surface area contributed by atoms with Gasteiger partial charge in [-0.15, -0.1) is 24.0 Å². The van der Waals surface area contributed by atoms with Crippen molar-refractivity contribution in [3.63, 3.8) is 0 Å². The molecule has 0 fully saturated rings. The first kappa shape index (κ1) is 25.2. The number of aliphatic imine (C=N–C) groups is 1. The van der Waals surface area contributed by atoms with Crippen molar-refractivity contribution >= 4 is 29.9 Å². The maximum atomic E-state index is 4.64. The molecule has 0 bridgehead atoms. The molecule has 0 radical (unpaired) electrons. The van der Waals surface area contributed by atoms with Crippen molar-refractivity contribution in [3.8, 4) is 0 Å². The summed E-state index contributed by atoms with van der Waals surface area (Å²) in [6.07, 6.45) is 1.94. The van der Waals surface area contributed by atoms with E-state index in [1.165, 1.54) is 17.0 Å². The third-order valence-electron chi connectivity index (χ3n) is 4.67. The molecule has 1 aromatic rings. The van der Waals surface area contributed by atoms with Gasteiger partial charge in [0.1, 0.15) is 0 Å². The molecule has 1 aromatic heterocycles. The van der Waals surface area contributed by atoms with Crippen molar-refractivity contribution in [2.24, 2.45) is 12.0 Å². The Balaban J connectivity index is 0.00000625. The fourth-order valence-corrected chi connectivity index (χ4v) is 3.40. The van der Waals surface area contributed by atoms with Gasteiger partial charge in [-0.25, -0.2) is 0 Å². The molecule has 0 spiro atoms. The van der Waals surface area contributed by atoms with Gasteiger partial charge < -0.3 is 10.6 Å². The minimum atomic E-state index is 0. The molecular formula is C19H39IN6. The van der Waals surface area contributed by atoms with Crippen molar-refractivity contribution in [3.05, 3.63) is 17.0 Å². The number of nitrogens with one attached hydrogen (secondary N) is 2. The average molecular weight is 478 g/mol.